The summed E-state index contributed by atoms with van der Waals surface area (Å²) in [6.45, 7) is 2.78. The van der Waals surface area contributed by atoms with Gasteiger partial charge in [-0.15, -0.1) is 0 Å². The number of hydrogen-bond acceptors (Lipinski definition) is 3. The molecule has 0 spiro atoms. The highest BCUT2D eigenvalue weighted by Crippen LogP contribution is 2.40. The van der Waals surface area contributed by atoms with Gasteiger partial charge >= 0.3 is 0 Å². The average Bonchev–Trinajstić information content (AvgIpc) is 2.36. The summed E-state index contributed by atoms with van der Waals surface area (Å²) in [6.07, 6.45) is 1.72. The number of fused-ring (bicyclic) bond motifs is 1. The Bertz CT molecular complexity index is 422. The van der Waals surface area contributed by atoms with Crippen LogP contribution in [0.2, 0.25) is 10.0 Å². The van der Waals surface area contributed by atoms with Crippen molar-refractivity contribution in [1.29, 1.82) is 0 Å². The van der Waals surface area contributed by atoms with Gasteiger partial charge < -0.3 is 15.2 Å². The van der Waals surface area contributed by atoms with Gasteiger partial charge in [-0.1, -0.05) is 30.1 Å². The Hall–Kier alpha value is -0.480. The van der Waals surface area contributed by atoms with Crippen molar-refractivity contribution in [3.63, 3.8) is 0 Å². The number of hydrogen-bond donors (Lipinski definition) is 2. The summed E-state index contributed by atoms with van der Waals surface area (Å²) >= 11 is 12.2. The van der Waals surface area contributed by atoms with Crippen LogP contribution < -0.4 is 10.1 Å². The highest BCUT2D eigenvalue weighted by Gasteiger charge is 2.25. The van der Waals surface area contributed by atoms with Gasteiger partial charge in [0.2, 0.25) is 0 Å². The van der Waals surface area contributed by atoms with Crippen LogP contribution in [0.5, 0.6) is 5.75 Å². The van der Waals surface area contributed by atoms with Crippen LogP contribution in [-0.4, -0.2) is 24.4 Å². The topological polar surface area (TPSA) is 41.5 Å². The minimum absolute atomic E-state index is 0.0821. The van der Waals surface area contributed by atoms with E-state index in [1.165, 1.54) is 0 Å². The summed E-state index contributed by atoms with van der Waals surface area (Å²) in [4.78, 5) is 0. The minimum atomic E-state index is 0.0821. The zero-order valence-electron chi connectivity index (χ0n) is 10.2. The van der Waals surface area contributed by atoms with Crippen LogP contribution in [-0.2, 0) is 0 Å². The zero-order chi connectivity index (χ0) is 13.1. The molecule has 3 nitrogen and oxygen atoms in total. The molecular weight excluding hydrogens is 273 g/mol. The molecule has 2 rings (SSSR count). The molecule has 1 unspecified atom stereocenters. The molecule has 0 saturated carbocycles. The summed E-state index contributed by atoms with van der Waals surface area (Å²) in [5, 5.41) is 13.8. The molecule has 5 heteroatoms. The molecule has 0 amide bonds. The Balaban J connectivity index is 2.27. The van der Waals surface area contributed by atoms with E-state index in [0.717, 1.165) is 18.4 Å². The fourth-order valence-electron chi connectivity index (χ4n) is 2.18. The van der Waals surface area contributed by atoms with E-state index in [1.54, 1.807) is 6.07 Å². The van der Waals surface area contributed by atoms with E-state index in [-0.39, 0.29) is 18.7 Å². The van der Waals surface area contributed by atoms with Gasteiger partial charge in [-0.25, -0.2) is 0 Å². The molecule has 1 heterocycles. The van der Waals surface area contributed by atoms with E-state index < -0.39 is 0 Å². The van der Waals surface area contributed by atoms with Gasteiger partial charge in [0.05, 0.1) is 18.2 Å². The van der Waals surface area contributed by atoms with Crippen LogP contribution in [0.25, 0.3) is 0 Å². The van der Waals surface area contributed by atoms with E-state index in [9.17, 15) is 5.11 Å². The van der Waals surface area contributed by atoms with Crippen molar-refractivity contribution >= 4 is 23.2 Å². The zero-order valence-corrected chi connectivity index (χ0v) is 11.8. The summed E-state index contributed by atoms with van der Waals surface area (Å²) in [7, 11) is 0. The number of benzene rings is 1. The molecule has 1 aliphatic rings. The first-order valence-corrected chi connectivity index (χ1v) is 6.90. The van der Waals surface area contributed by atoms with Crippen molar-refractivity contribution in [1.82, 2.24) is 5.32 Å². The highest BCUT2D eigenvalue weighted by atomic mass is 35.5. The maximum atomic E-state index is 9.27. The third-order valence-electron chi connectivity index (χ3n) is 3.22. The third-order valence-corrected chi connectivity index (χ3v) is 3.71. The molecule has 1 aromatic carbocycles. The van der Waals surface area contributed by atoms with Gasteiger partial charge in [0.15, 0.2) is 0 Å². The minimum Gasteiger partial charge on any atom is -0.492 e. The summed E-state index contributed by atoms with van der Waals surface area (Å²) in [6, 6.07) is 3.78. The number of ether oxygens (including phenoxy) is 1. The highest BCUT2D eigenvalue weighted by molar-refractivity contribution is 6.35. The first-order valence-electron chi connectivity index (χ1n) is 6.14. The summed E-state index contributed by atoms with van der Waals surface area (Å²) in [5.74, 6) is 0.706. The molecule has 2 N–H and O–H groups in total. The second-order valence-corrected chi connectivity index (χ2v) is 5.29. The summed E-state index contributed by atoms with van der Waals surface area (Å²) in [5.41, 5.74) is 0.977. The molecule has 2 atom stereocenters. The van der Waals surface area contributed by atoms with Gasteiger partial charge in [0, 0.05) is 29.1 Å². The van der Waals surface area contributed by atoms with Crippen LogP contribution in [0.4, 0.5) is 0 Å². The lowest BCUT2D eigenvalue weighted by Gasteiger charge is -2.30. The molecule has 100 valence electrons. The van der Waals surface area contributed by atoms with Gasteiger partial charge in [-0.2, -0.15) is 0 Å². The Morgan fingerprint density at radius 1 is 1.50 bits per heavy atom. The second-order valence-electron chi connectivity index (χ2n) is 4.45. The lowest BCUT2D eigenvalue weighted by molar-refractivity contribution is 0.201. The molecular formula is C13H17Cl2NO2. The average molecular weight is 290 g/mol. The largest absolute Gasteiger partial charge is 0.492 e. The Morgan fingerprint density at radius 2 is 2.28 bits per heavy atom. The lowest BCUT2D eigenvalue weighted by Crippen LogP contribution is -2.37. The van der Waals surface area contributed by atoms with Crippen molar-refractivity contribution in [2.75, 3.05) is 13.2 Å². The standard InChI is InChI=1S/C13H17Cl2NO2/c1-2-9(7-17)16-12-3-4-18-13-10(12)5-8(14)6-11(13)15/h5-6,9,12,16-17H,2-4,7H2,1H3/t9-,12?/m1/s1. The Labute approximate surface area is 117 Å². The Kier molecular flexibility index (Phi) is 4.73. The second kappa shape index (κ2) is 6.11. The maximum absolute atomic E-state index is 9.27. The van der Waals surface area contributed by atoms with Crippen LogP contribution in [0.1, 0.15) is 31.4 Å². The molecule has 0 bridgehead atoms. The van der Waals surface area contributed by atoms with Crippen molar-refractivity contribution in [2.24, 2.45) is 0 Å². The molecule has 1 aromatic rings. The lowest BCUT2D eigenvalue weighted by atomic mass is 9.99. The van der Waals surface area contributed by atoms with E-state index in [1.807, 2.05) is 13.0 Å². The number of rotatable bonds is 4. The first-order chi connectivity index (χ1) is 8.65. The SMILES string of the molecule is CC[C@H](CO)NC1CCOc2c(Cl)cc(Cl)cc21. The van der Waals surface area contributed by atoms with Crippen molar-refractivity contribution in [3.05, 3.63) is 27.7 Å². The molecule has 18 heavy (non-hydrogen) atoms. The fraction of sp³-hybridized carbons (Fsp3) is 0.538. The van der Waals surface area contributed by atoms with Gasteiger partial charge in [0.25, 0.3) is 0 Å². The van der Waals surface area contributed by atoms with Crippen molar-refractivity contribution < 1.29 is 9.84 Å². The van der Waals surface area contributed by atoms with E-state index >= 15 is 0 Å². The number of nitrogens with one attached hydrogen (secondary N) is 1. The van der Waals surface area contributed by atoms with Crippen molar-refractivity contribution in [2.45, 2.75) is 31.8 Å². The van der Waals surface area contributed by atoms with Gasteiger partial charge in [0.1, 0.15) is 5.75 Å². The Morgan fingerprint density at radius 3 is 2.94 bits per heavy atom. The van der Waals surface area contributed by atoms with E-state index in [4.69, 9.17) is 27.9 Å². The number of aliphatic hydroxyl groups excluding tert-OH is 1. The molecule has 0 radical (unpaired) electrons. The normalized spacial score (nSPS) is 20.1. The van der Waals surface area contributed by atoms with Crippen LogP contribution in [0.15, 0.2) is 12.1 Å². The van der Waals surface area contributed by atoms with Crippen LogP contribution in [0, 0.1) is 0 Å². The molecule has 0 aliphatic carbocycles. The van der Waals surface area contributed by atoms with Crippen molar-refractivity contribution in [3.8, 4) is 5.75 Å². The molecule has 0 fully saturated rings. The maximum Gasteiger partial charge on any atom is 0.142 e. The summed E-state index contributed by atoms with van der Waals surface area (Å²) < 4.78 is 5.60. The smallest absolute Gasteiger partial charge is 0.142 e. The molecule has 0 aromatic heterocycles. The fourth-order valence-corrected chi connectivity index (χ4v) is 2.75. The molecule has 1 aliphatic heterocycles. The van der Waals surface area contributed by atoms with Crippen LogP contribution in [0.3, 0.4) is 0 Å². The van der Waals surface area contributed by atoms with Gasteiger partial charge in [-0.05, 0) is 18.6 Å². The number of halogens is 2. The monoisotopic (exact) mass is 289 g/mol. The van der Waals surface area contributed by atoms with E-state index in [2.05, 4.69) is 5.32 Å². The van der Waals surface area contributed by atoms with Crippen LogP contribution >= 0.6 is 23.2 Å². The molecule has 0 saturated heterocycles. The van der Waals surface area contributed by atoms with Gasteiger partial charge in [-0.3, -0.25) is 0 Å². The quantitative estimate of drug-likeness (QED) is 0.895. The van der Waals surface area contributed by atoms with E-state index in [0.29, 0.717) is 22.4 Å². The first kappa shape index (κ1) is 13.9. The third kappa shape index (κ3) is 2.91. The number of aliphatic hydroxyl groups is 1. The predicted molar refractivity (Wildman–Crippen MR) is 73.6 cm³/mol. The predicted octanol–water partition coefficient (Wildman–Crippen LogP) is 3.18.